The van der Waals surface area contributed by atoms with Crippen molar-refractivity contribution in [2.75, 3.05) is 5.73 Å². The van der Waals surface area contributed by atoms with Crippen LogP contribution in [0.1, 0.15) is 46.6 Å². The van der Waals surface area contributed by atoms with Gasteiger partial charge in [-0.1, -0.05) is 58.1 Å². The van der Waals surface area contributed by atoms with Crippen LogP contribution in [-0.2, 0) is 5.41 Å². The Labute approximate surface area is 131 Å². The molecule has 2 aromatic rings. The predicted octanol–water partition coefficient (Wildman–Crippen LogP) is 5.23. The Morgan fingerprint density at radius 3 is 2.19 bits per heavy atom. The van der Waals surface area contributed by atoms with Crippen LogP contribution in [0, 0.1) is 5.41 Å². The summed E-state index contributed by atoms with van der Waals surface area (Å²) in [4.78, 5) is 4.10. The van der Waals surface area contributed by atoms with Gasteiger partial charge < -0.3 is 10.5 Å². The average molecular weight is 304 g/mol. The second-order valence-electron chi connectivity index (χ2n) is 7.28. The zero-order valence-corrected chi connectivity index (χ0v) is 14.3. The second-order valence-corrected chi connectivity index (χ2v) is 8.30. The third-order valence-electron chi connectivity index (χ3n) is 3.32. The lowest BCUT2D eigenvalue weighted by Gasteiger charge is -2.33. The van der Waals surface area contributed by atoms with Crippen LogP contribution in [0.25, 0.3) is 0 Å². The number of hydrogen-bond acceptors (Lipinski definition) is 4. The molecule has 0 saturated heterocycles. The van der Waals surface area contributed by atoms with E-state index in [1.165, 1.54) is 16.9 Å². The van der Waals surface area contributed by atoms with Crippen LogP contribution < -0.4 is 10.5 Å². The summed E-state index contributed by atoms with van der Waals surface area (Å²) in [6, 6.07) is 8.27. The Hall–Kier alpha value is -1.55. The third-order valence-corrected chi connectivity index (χ3v) is 4.02. The third kappa shape index (κ3) is 4.46. The molecule has 0 amide bonds. The molecule has 0 aliphatic heterocycles. The summed E-state index contributed by atoms with van der Waals surface area (Å²) in [5.41, 5.74) is 7.41. The monoisotopic (exact) mass is 304 g/mol. The second kappa shape index (κ2) is 5.68. The molecule has 2 rings (SSSR count). The fourth-order valence-corrected chi connectivity index (χ4v) is 3.37. The Morgan fingerprint density at radius 1 is 1.10 bits per heavy atom. The summed E-state index contributed by atoms with van der Waals surface area (Å²) in [6.45, 7) is 11.4. The van der Waals surface area contributed by atoms with Crippen LogP contribution in [0.5, 0.6) is 10.9 Å². The van der Waals surface area contributed by atoms with E-state index in [9.17, 15) is 0 Å². The molecule has 4 heteroatoms. The van der Waals surface area contributed by atoms with Crippen molar-refractivity contribution in [3.05, 3.63) is 36.0 Å². The van der Waals surface area contributed by atoms with E-state index in [2.05, 4.69) is 51.7 Å². The van der Waals surface area contributed by atoms with E-state index >= 15 is 0 Å². The fourth-order valence-electron chi connectivity index (χ4n) is 2.82. The topological polar surface area (TPSA) is 48.1 Å². The summed E-state index contributed by atoms with van der Waals surface area (Å²) in [7, 11) is 0. The molecule has 1 heterocycles. The summed E-state index contributed by atoms with van der Waals surface area (Å²) in [5.74, 6) is 0.791. The quantitative estimate of drug-likeness (QED) is 0.841. The summed E-state index contributed by atoms with van der Waals surface area (Å²) in [6.07, 6.45) is 2.74. The number of nitrogen functional groups attached to an aromatic ring is 1. The molecule has 1 aromatic heterocycles. The van der Waals surface area contributed by atoms with E-state index in [1.54, 1.807) is 6.20 Å². The van der Waals surface area contributed by atoms with E-state index < -0.39 is 0 Å². The predicted molar refractivity (Wildman–Crippen MR) is 90.1 cm³/mol. The van der Waals surface area contributed by atoms with Crippen molar-refractivity contribution in [3.8, 4) is 10.9 Å². The maximum atomic E-state index is 5.70. The van der Waals surface area contributed by atoms with Gasteiger partial charge in [-0.05, 0) is 34.9 Å². The van der Waals surface area contributed by atoms with E-state index in [0.29, 0.717) is 15.6 Å². The van der Waals surface area contributed by atoms with Gasteiger partial charge in [-0.15, -0.1) is 0 Å². The van der Waals surface area contributed by atoms with Crippen LogP contribution in [0.4, 0.5) is 5.00 Å². The number of ether oxygens (including phenoxy) is 1. The number of nitrogens with zero attached hydrogens (tertiary/aromatic N) is 1. The van der Waals surface area contributed by atoms with Gasteiger partial charge in [0.15, 0.2) is 0 Å². The first-order chi connectivity index (χ1) is 9.66. The van der Waals surface area contributed by atoms with Crippen molar-refractivity contribution < 1.29 is 4.74 Å². The number of hydrogen-bond donors (Lipinski definition) is 1. The number of rotatable bonds is 4. The molecule has 21 heavy (non-hydrogen) atoms. The fraction of sp³-hybridized carbons (Fsp3) is 0.471. The molecule has 1 aromatic carbocycles. The van der Waals surface area contributed by atoms with Gasteiger partial charge >= 0.3 is 0 Å². The first kappa shape index (κ1) is 15.8. The van der Waals surface area contributed by atoms with Crippen LogP contribution in [-0.4, -0.2) is 4.98 Å². The van der Waals surface area contributed by atoms with Crippen molar-refractivity contribution in [1.82, 2.24) is 4.98 Å². The summed E-state index contributed by atoms with van der Waals surface area (Å²) in [5, 5.41) is 1.24. The van der Waals surface area contributed by atoms with Crippen LogP contribution >= 0.6 is 11.3 Å². The van der Waals surface area contributed by atoms with Crippen molar-refractivity contribution in [1.29, 1.82) is 0 Å². The van der Waals surface area contributed by atoms with Gasteiger partial charge in [0.1, 0.15) is 10.8 Å². The number of benzene rings is 1. The largest absolute Gasteiger partial charge is 0.431 e. The van der Waals surface area contributed by atoms with Crippen molar-refractivity contribution in [3.63, 3.8) is 0 Å². The molecule has 0 unspecified atom stereocenters. The highest BCUT2D eigenvalue weighted by molar-refractivity contribution is 7.17. The zero-order chi connectivity index (χ0) is 15.7. The van der Waals surface area contributed by atoms with Gasteiger partial charge in [-0.3, -0.25) is 0 Å². The molecule has 0 bridgehead atoms. The molecule has 0 aliphatic carbocycles. The summed E-state index contributed by atoms with van der Waals surface area (Å²) >= 11 is 1.34. The lowest BCUT2D eigenvalue weighted by molar-refractivity contribution is 0.284. The number of aromatic nitrogens is 1. The van der Waals surface area contributed by atoms with E-state index in [4.69, 9.17) is 10.5 Å². The van der Waals surface area contributed by atoms with Crippen molar-refractivity contribution in [2.24, 2.45) is 5.41 Å². The van der Waals surface area contributed by atoms with Crippen LogP contribution in [0.2, 0.25) is 0 Å². The minimum atomic E-state index is 0.141. The maximum Gasteiger partial charge on any atom is 0.280 e. The minimum absolute atomic E-state index is 0.141. The number of thiazole rings is 1. The van der Waals surface area contributed by atoms with Gasteiger partial charge in [0.25, 0.3) is 5.19 Å². The standard InChI is InChI=1S/C17H24N2OS/c1-16(2,3)11-17(4,5)12-6-8-13(9-7-12)20-15-19-10-14(18)21-15/h6-10H,11,18H2,1-5H3. The Morgan fingerprint density at radius 2 is 1.71 bits per heavy atom. The minimum Gasteiger partial charge on any atom is -0.431 e. The van der Waals surface area contributed by atoms with Gasteiger partial charge in [0.05, 0.1) is 6.20 Å². The molecule has 114 valence electrons. The number of nitrogens with two attached hydrogens (primary N) is 1. The lowest BCUT2D eigenvalue weighted by atomic mass is 9.72. The van der Waals surface area contributed by atoms with E-state index in [1.807, 2.05) is 12.1 Å². The van der Waals surface area contributed by atoms with Crippen LogP contribution in [0.15, 0.2) is 30.5 Å². The highest BCUT2D eigenvalue weighted by atomic mass is 32.1. The van der Waals surface area contributed by atoms with Gasteiger partial charge in [0, 0.05) is 0 Å². The Kier molecular flexibility index (Phi) is 4.28. The number of anilines is 1. The molecule has 0 spiro atoms. The highest BCUT2D eigenvalue weighted by Crippen LogP contribution is 2.37. The molecule has 0 aliphatic rings. The molecule has 0 atom stereocenters. The van der Waals surface area contributed by atoms with E-state index in [-0.39, 0.29) is 5.41 Å². The summed E-state index contributed by atoms with van der Waals surface area (Å²) < 4.78 is 5.70. The Bertz CT molecular complexity index is 594. The van der Waals surface area contributed by atoms with E-state index in [0.717, 1.165) is 12.2 Å². The first-order valence-corrected chi connectivity index (χ1v) is 7.97. The zero-order valence-electron chi connectivity index (χ0n) is 13.4. The molecular formula is C17H24N2OS. The molecule has 0 fully saturated rings. The molecule has 0 radical (unpaired) electrons. The van der Waals surface area contributed by atoms with Gasteiger partial charge in [0.2, 0.25) is 0 Å². The SMILES string of the molecule is CC(C)(C)CC(C)(C)c1ccc(Oc2ncc(N)s2)cc1. The van der Waals surface area contributed by atoms with Crippen molar-refractivity contribution >= 4 is 16.3 Å². The first-order valence-electron chi connectivity index (χ1n) is 7.15. The molecule has 3 nitrogen and oxygen atoms in total. The molecule has 0 saturated carbocycles. The van der Waals surface area contributed by atoms with Crippen molar-refractivity contribution in [2.45, 2.75) is 46.5 Å². The molecular weight excluding hydrogens is 280 g/mol. The smallest absolute Gasteiger partial charge is 0.280 e. The maximum absolute atomic E-state index is 5.70. The Balaban J connectivity index is 2.11. The molecule has 2 N–H and O–H groups in total. The highest BCUT2D eigenvalue weighted by Gasteiger charge is 2.27. The van der Waals surface area contributed by atoms with Crippen LogP contribution in [0.3, 0.4) is 0 Å². The lowest BCUT2D eigenvalue weighted by Crippen LogP contribution is -2.24. The normalized spacial score (nSPS) is 12.4. The average Bonchev–Trinajstić information content (AvgIpc) is 2.72. The van der Waals surface area contributed by atoms with Gasteiger partial charge in [-0.2, -0.15) is 0 Å². The van der Waals surface area contributed by atoms with Gasteiger partial charge in [-0.25, -0.2) is 4.98 Å².